The summed E-state index contributed by atoms with van der Waals surface area (Å²) in [4.78, 5) is 17.6. The van der Waals surface area contributed by atoms with E-state index in [-0.39, 0.29) is 6.04 Å². The van der Waals surface area contributed by atoms with E-state index >= 15 is 0 Å². The molecule has 0 aliphatic carbocycles. The van der Waals surface area contributed by atoms with E-state index in [1.54, 1.807) is 17.8 Å². The fourth-order valence-electron chi connectivity index (χ4n) is 4.12. The highest BCUT2D eigenvalue weighted by Crippen LogP contribution is 2.36. The minimum absolute atomic E-state index is 0.370. The van der Waals surface area contributed by atoms with Gasteiger partial charge in [0.1, 0.15) is 24.7 Å². The lowest BCUT2D eigenvalue weighted by atomic mass is 10.1. The van der Waals surface area contributed by atoms with Crippen molar-refractivity contribution in [2.24, 2.45) is 0 Å². The number of hydrogen-bond acceptors (Lipinski definition) is 5. The topological polar surface area (TPSA) is 32.8 Å². The summed E-state index contributed by atoms with van der Waals surface area (Å²) in [5.74, 6) is 1.74. The number of thioether (sulfide) groups is 1. The minimum atomic E-state index is -0.370. The van der Waals surface area contributed by atoms with Crippen LogP contribution in [0, 0.1) is 0 Å². The molecule has 2 saturated heterocycles. The van der Waals surface area contributed by atoms with Crippen LogP contribution in [0.2, 0.25) is 10.0 Å². The number of ether oxygens (including phenoxy) is 1. The van der Waals surface area contributed by atoms with E-state index in [0.717, 1.165) is 47.0 Å². The van der Waals surface area contributed by atoms with Crippen LogP contribution in [0.4, 0.5) is 5.69 Å². The summed E-state index contributed by atoms with van der Waals surface area (Å²) in [6, 6.07) is 13.6. The van der Waals surface area contributed by atoms with Crippen molar-refractivity contribution in [2.45, 2.75) is 24.9 Å². The Morgan fingerprint density at radius 2 is 2.00 bits per heavy atom. The average Bonchev–Trinajstić information content (AvgIpc) is 3.19. The van der Waals surface area contributed by atoms with Crippen molar-refractivity contribution in [3.05, 3.63) is 63.0 Å². The quantitative estimate of drug-likeness (QED) is 0.504. The number of aldehydes is 1. The van der Waals surface area contributed by atoms with Gasteiger partial charge in [-0.2, -0.15) is 0 Å². The second kappa shape index (κ2) is 10.3. The number of likely N-dealkylation sites (N-methyl/N-ethyl adjacent to an activating group) is 1. The first-order valence-electron chi connectivity index (χ1n) is 10.5. The first-order chi connectivity index (χ1) is 15.1. The predicted octanol–water partition coefficient (Wildman–Crippen LogP) is 5.63. The maximum Gasteiger partial charge on any atom is 0.147 e. The number of para-hydroxylation sites is 1. The molecule has 2 aliphatic rings. The van der Waals surface area contributed by atoms with Crippen molar-refractivity contribution in [3.8, 4) is 5.75 Å². The molecule has 0 N–H and O–H groups in total. The smallest absolute Gasteiger partial charge is 0.147 e. The molecular weight excluding hydrogens is 451 g/mol. The Balaban J connectivity index is 1.57. The Morgan fingerprint density at radius 1 is 1.16 bits per heavy atom. The van der Waals surface area contributed by atoms with Gasteiger partial charge in [0.05, 0.1) is 10.0 Å². The Morgan fingerprint density at radius 3 is 2.74 bits per heavy atom. The van der Waals surface area contributed by atoms with Gasteiger partial charge in [0.2, 0.25) is 0 Å². The maximum atomic E-state index is 12.1. The van der Waals surface area contributed by atoms with E-state index in [1.165, 1.54) is 12.8 Å². The molecule has 7 heteroatoms. The van der Waals surface area contributed by atoms with Gasteiger partial charge in [-0.25, -0.2) is 0 Å². The van der Waals surface area contributed by atoms with Crippen molar-refractivity contribution in [2.75, 3.05) is 37.4 Å². The second-order valence-corrected chi connectivity index (χ2v) is 9.88. The van der Waals surface area contributed by atoms with Crippen LogP contribution in [-0.4, -0.2) is 55.8 Å². The molecule has 0 spiro atoms. The van der Waals surface area contributed by atoms with E-state index in [9.17, 15) is 4.79 Å². The second-order valence-electron chi connectivity index (χ2n) is 7.89. The molecule has 164 valence electrons. The Hall–Kier alpha value is -1.66. The molecule has 2 aromatic rings. The van der Waals surface area contributed by atoms with Crippen molar-refractivity contribution in [1.82, 2.24) is 4.90 Å². The third-order valence-electron chi connectivity index (χ3n) is 5.91. The van der Waals surface area contributed by atoms with Crippen LogP contribution in [0.1, 0.15) is 18.4 Å². The number of carbonyl (C=O) groups is 1. The van der Waals surface area contributed by atoms with Gasteiger partial charge in [-0.1, -0.05) is 41.4 Å². The molecule has 0 aromatic heterocycles. The van der Waals surface area contributed by atoms with Gasteiger partial charge in [-0.05, 0) is 56.8 Å². The molecule has 0 bridgehead atoms. The monoisotopic (exact) mass is 476 g/mol. The molecule has 0 saturated carbocycles. The SMILES string of the molecule is CN1CCCC1COc1ccccc1C=C1SCCN(c2ccc(Cl)c(Cl)c2)C1C=O. The number of likely N-dealkylation sites (tertiary alicyclic amines) is 1. The number of carbonyl (C=O) groups excluding carboxylic acids is 1. The summed E-state index contributed by atoms with van der Waals surface area (Å²) >= 11 is 14.0. The number of hydrogen-bond donors (Lipinski definition) is 0. The van der Waals surface area contributed by atoms with Gasteiger partial charge in [0.25, 0.3) is 0 Å². The van der Waals surface area contributed by atoms with Gasteiger partial charge in [0, 0.05) is 34.5 Å². The van der Waals surface area contributed by atoms with Gasteiger partial charge >= 0.3 is 0 Å². The third kappa shape index (κ3) is 5.23. The molecule has 2 fully saturated rings. The molecule has 2 aliphatic heterocycles. The number of halogens is 2. The molecule has 2 unspecified atom stereocenters. The first kappa shape index (κ1) is 22.5. The van der Waals surface area contributed by atoms with Gasteiger partial charge < -0.3 is 19.3 Å². The fourth-order valence-corrected chi connectivity index (χ4v) is 5.50. The number of nitrogens with zero attached hydrogens (tertiary/aromatic N) is 2. The van der Waals surface area contributed by atoms with E-state index in [2.05, 4.69) is 22.9 Å². The first-order valence-corrected chi connectivity index (χ1v) is 12.2. The van der Waals surface area contributed by atoms with Crippen LogP contribution in [-0.2, 0) is 4.79 Å². The molecule has 2 heterocycles. The predicted molar refractivity (Wildman–Crippen MR) is 132 cm³/mol. The van der Waals surface area contributed by atoms with Crippen molar-refractivity contribution in [3.63, 3.8) is 0 Å². The van der Waals surface area contributed by atoms with Crippen LogP contribution in [0.25, 0.3) is 6.08 Å². The average molecular weight is 477 g/mol. The largest absolute Gasteiger partial charge is 0.491 e. The molecule has 4 rings (SSSR count). The van der Waals surface area contributed by atoms with Crippen LogP contribution < -0.4 is 9.64 Å². The van der Waals surface area contributed by atoms with E-state index in [0.29, 0.717) is 22.7 Å². The highest BCUT2D eigenvalue weighted by atomic mass is 35.5. The zero-order valence-electron chi connectivity index (χ0n) is 17.5. The van der Waals surface area contributed by atoms with Crippen LogP contribution in [0.15, 0.2) is 47.4 Å². The summed E-state index contributed by atoms with van der Waals surface area (Å²) in [5.41, 5.74) is 1.89. The molecule has 0 amide bonds. The fraction of sp³-hybridized carbons (Fsp3) is 0.375. The Labute approximate surface area is 198 Å². The maximum absolute atomic E-state index is 12.1. The summed E-state index contributed by atoms with van der Waals surface area (Å²) in [6.45, 7) is 2.56. The van der Waals surface area contributed by atoms with Gasteiger partial charge in [-0.3, -0.25) is 0 Å². The summed E-state index contributed by atoms with van der Waals surface area (Å²) in [6.07, 6.45) is 5.47. The molecular formula is C24H26Cl2N2O2S. The highest BCUT2D eigenvalue weighted by Gasteiger charge is 2.28. The van der Waals surface area contributed by atoms with E-state index in [4.69, 9.17) is 27.9 Å². The highest BCUT2D eigenvalue weighted by molar-refractivity contribution is 8.03. The minimum Gasteiger partial charge on any atom is -0.491 e. The lowest BCUT2D eigenvalue weighted by Crippen LogP contribution is -2.42. The Kier molecular flexibility index (Phi) is 7.49. The summed E-state index contributed by atoms with van der Waals surface area (Å²) in [7, 11) is 2.15. The summed E-state index contributed by atoms with van der Waals surface area (Å²) < 4.78 is 6.21. The molecule has 31 heavy (non-hydrogen) atoms. The van der Waals surface area contributed by atoms with Gasteiger partial charge in [0.15, 0.2) is 0 Å². The molecule has 2 aromatic carbocycles. The number of benzene rings is 2. The molecule has 4 nitrogen and oxygen atoms in total. The van der Waals surface area contributed by atoms with E-state index < -0.39 is 0 Å². The lowest BCUT2D eigenvalue weighted by molar-refractivity contribution is -0.108. The van der Waals surface area contributed by atoms with Crippen LogP contribution in [0.5, 0.6) is 5.75 Å². The lowest BCUT2D eigenvalue weighted by Gasteiger charge is -2.36. The summed E-state index contributed by atoms with van der Waals surface area (Å²) in [5, 5.41) is 0.998. The van der Waals surface area contributed by atoms with Crippen molar-refractivity contribution >= 4 is 53.0 Å². The van der Waals surface area contributed by atoms with Crippen molar-refractivity contribution < 1.29 is 9.53 Å². The number of rotatable bonds is 6. The van der Waals surface area contributed by atoms with Crippen molar-refractivity contribution in [1.29, 1.82) is 0 Å². The van der Waals surface area contributed by atoms with E-state index in [1.807, 2.05) is 36.4 Å². The standard InChI is InChI=1S/C24H26Cl2N2O2S/c1-27-10-4-6-19(27)16-30-23-7-3-2-5-17(23)13-24-22(15-29)28(11-12-31-24)18-8-9-20(25)21(26)14-18/h2-3,5,7-9,13-15,19,22H,4,6,10-12,16H2,1H3. The normalized spacial score (nSPS) is 23.3. The third-order valence-corrected chi connectivity index (χ3v) is 7.73. The van der Waals surface area contributed by atoms with Gasteiger partial charge in [-0.15, -0.1) is 11.8 Å². The van der Waals surface area contributed by atoms with Crippen LogP contribution in [0.3, 0.4) is 0 Å². The molecule has 2 atom stereocenters. The zero-order chi connectivity index (χ0) is 21.8. The molecule has 0 radical (unpaired) electrons. The van der Waals surface area contributed by atoms with Crippen LogP contribution >= 0.6 is 35.0 Å². The number of anilines is 1. The zero-order valence-corrected chi connectivity index (χ0v) is 19.8. The Bertz CT molecular complexity index is 968.